The molecule has 0 unspecified atom stereocenters. The molecule has 0 aromatic heterocycles. The Morgan fingerprint density at radius 3 is 1.79 bits per heavy atom. The molecule has 2 nitrogen and oxygen atoms in total. The van der Waals surface area contributed by atoms with Gasteiger partial charge in [-0.15, -0.1) is 0 Å². The van der Waals surface area contributed by atoms with Crippen LogP contribution < -0.4 is 0 Å². The van der Waals surface area contributed by atoms with Crippen LogP contribution in [0, 0.1) is 17.8 Å². The molecule has 0 saturated heterocycles. The van der Waals surface area contributed by atoms with E-state index in [1.54, 1.807) is 0 Å². The van der Waals surface area contributed by atoms with E-state index >= 15 is 0 Å². The molecule has 0 amide bonds. The summed E-state index contributed by atoms with van der Waals surface area (Å²) in [5, 5.41) is 0. The zero-order chi connectivity index (χ0) is 8.89. The summed E-state index contributed by atoms with van der Waals surface area (Å²) in [7, 11) is 0. The average Bonchev–Trinajstić information content (AvgIpc) is 2.00. The molecule has 14 heavy (non-hydrogen) atoms. The minimum absolute atomic E-state index is 0. The third-order valence-corrected chi connectivity index (χ3v) is 4.28. The van der Waals surface area contributed by atoms with Gasteiger partial charge in [0.15, 0.2) is 0 Å². The summed E-state index contributed by atoms with van der Waals surface area (Å²) in [6, 6.07) is 0. The van der Waals surface area contributed by atoms with Gasteiger partial charge in [-0.25, -0.2) is 0 Å². The second kappa shape index (κ2) is 3.80. The summed E-state index contributed by atoms with van der Waals surface area (Å²) >= 11 is 0. The van der Waals surface area contributed by atoms with Gasteiger partial charge in [0.2, 0.25) is 0 Å². The molecular formula is C11H17NaO2. The van der Waals surface area contributed by atoms with Crippen molar-refractivity contribution in [3.63, 3.8) is 0 Å². The standard InChI is InChI=1S/C11H16O2.Na.H/c12-7-13-11-4-8-1-9(5-11)3-10(2-8)6-11;;/h7-10H,1-6H2;;. The van der Waals surface area contributed by atoms with E-state index in [0.717, 1.165) is 37.0 Å². The molecule has 0 aliphatic heterocycles. The molecule has 0 radical (unpaired) electrons. The molecule has 0 atom stereocenters. The number of hydrogen-bond acceptors (Lipinski definition) is 2. The zero-order valence-electron chi connectivity index (χ0n) is 7.87. The summed E-state index contributed by atoms with van der Waals surface area (Å²) in [6.45, 7) is 0.674. The average molecular weight is 204 g/mol. The molecular weight excluding hydrogens is 187 g/mol. The predicted molar refractivity (Wildman–Crippen MR) is 55.2 cm³/mol. The molecule has 3 heteroatoms. The molecule has 0 aromatic carbocycles. The van der Waals surface area contributed by atoms with Crippen LogP contribution in [-0.4, -0.2) is 41.6 Å². The first kappa shape index (κ1) is 11.0. The van der Waals surface area contributed by atoms with Crippen molar-refractivity contribution >= 4 is 36.0 Å². The third-order valence-electron chi connectivity index (χ3n) is 4.28. The second-order valence-electron chi connectivity index (χ2n) is 5.31. The number of carbonyl (C=O) groups is 1. The van der Waals surface area contributed by atoms with Crippen molar-refractivity contribution in [3.8, 4) is 0 Å². The molecule has 4 aliphatic carbocycles. The Kier molecular flexibility index (Phi) is 2.98. The van der Waals surface area contributed by atoms with Crippen LogP contribution in [0.2, 0.25) is 0 Å². The molecule has 0 N–H and O–H groups in total. The van der Waals surface area contributed by atoms with Crippen molar-refractivity contribution in [1.29, 1.82) is 0 Å². The predicted octanol–water partition coefficient (Wildman–Crippen LogP) is 1.48. The van der Waals surface area contributed by atoms with Gasteiger partial charge in [-0.1, -0.05) is 0 Å². The summed E-state index contributed by atoms with van der Waals surface area (Å²) in [5.74, 6) is 2.60. The first-order chi connectivity index (χ1) is 6.30. The molecule has 4 saturated carbocycles. The van der Waals surface area contributed by atoms with Crippen LogP contribution in [0.1, 0.15) is 38.5 Å². The maximum absolute atomic E-state index is 10.5. The van der Waals surface area contributed by atoms with E-state index in [1.165, 1.54) is 19.3 Å². The summed E-state index contributed by atoms with van der Waals surface area (Å²) in [4.78, 5) is 10.5. The van der Waals surface area contributed by atoms with Gasteiger partial charge in [-0.3, -0.25) is 4.79 Å². The van der Waals surface area contributed by atoms with Crippen LogP contribution in [0.3, 0.4) is 0 Å². The molecule has 4 rings (SSSR count). The fraction of sp³-hybridized carbons (Fsp3) is 0.909. The minimum atomic E-state index is -0.0174. The van der Waals surface area contributed by atoms with Gasteiger partial charge >= 0.3 is 29.6 Å². The molecule has 0 spiro atoms. The molecule has 0 aromatic rings. The van der Waals surface area contributed by atoms with E-state index in [4.69, 9.17) is 4.74 Å². The van der Waals surface area contributed by atoms with E-state index in [1.807, 2.05) is 0 Å². The van der Waals surface area contributed by atoms with E-state index < -0.39 is 0 Å². The number of carbonyl (C=O) groups excluding carboxylic acids is 1. The van der Waals surface area contributed by atoms with Crippen molar-refractivity contribution in [3.05, 3.63) is 0 Å². The van der Waals surface area contributed by atoms with Gasteiger partial charge in [-0.2, -0.15) is 0 Å². The fourth-order valence-corrected chi connectivity index (χ4v) is 4.28. The Balaban J connectivity index is 0.000000750. The first-order valence-corrected chi connectivity index (χ1v) is 5.41. The summed E-state index contributed by atoms with van der Waals surface area (Å²) in [6.07, 6.45) is 7.66. The van der Waals surface area contributed by atoms with Crippen LogP contribution in [0.5, 0.6) is 0 Å². The van der Waals surface area contributed by atoms with E-state index in [0.29, 0.717) is 6.47 Å². The zero-order valence-corrected chi connectivity index (χ0v) is 7.87. The van der Waals surface area contributed by atoms with E-state index in [-0.39, 0.29) is 35.2 Å². The van der Waals surface area contributed by atoms with Crippen LogP contribution >= 0.6 is 0 Å². The first-order valence-electron chi connectivity index (χ1n) is 5.41. The van der Waals surface area contributed by atoms with Crippen molar-refractivity contribution in [2.24, 2.45) is 17.8 Å². The SMILES string of the molecule is O=COC12CC3CC(CC(C3)C1)C2.[NaH]. The van der Waals surface area contributed by atoms with E-state index in [2.05, 4.69) is 0 Å². The maximum atomic E-state index is 10.5. The van der Waals surface area contributed by atoms with Crippen LogP contribution in [0.15, 0.2) is 0 Å². The molecule has 74 valence electrons. The van der Waals surface area contributed by atoms with Gasteiger partial charge in [0.1, 0.15) is 5.60 Å². The van der Waals surface area contributed by atoms with Crippen molar-refractivity contribution in [1.82, 2.24) is 0 Å². The van der Waals surface area contributed by atoms with Gasteiger partial charge in [0.05, 0.1) is 0 Å². The van der Waals surface area contributed by atoms with Crippen LogP contribution in [-0.2, 0) is 9.53 Å². The van der Waals surface area contributed by atoms with Crippen molar-refractivity contribution < 1.29 is 9.53 Å². The second-order valence-corrected chi connectivity index (χ2v) is 5.31. The van der Waals surface area contributed by atoms with Crippen molar-refractivity contribution in [2.75, 3.05) is 0 Å². The number of rotatable bonds is 2. The number of hydrogen-bond donors (Lipinski definition) is 0. The monoisotopic (exact) mass is 204 g/mol. The van der Waals surface area contributed by atoms with Gasteiger partial charge in [0.25, 0.3) is 6.47 Å². The topological polar surface area (TPSA) is 26.3 Å². The van der Waals surface area contributed by atoms with Gasteiger partial charge < -0.3 is 4.74 Å². The van der Waals surface area contributed by atoms with Gasteiger partial charge in [0, 0.05) is 0 Å². The van der Waals surface area contributed by atoms with Crippen molar-refractivity contribution in [2.45, 2.75) is 44.1 Å². The Morgan fingerprint density at radius 2 is 1.43 bits per heavy atom. The fourth-order valence-electron chi connectivity index (χ4n) is 4.28. The normalized spacial score (nSPS) is 48.4. The Hall–Kier alpha value is 0.470. The molecule has 4 bridgehead atoms. The summed E-state index contributed by atoms with van der Waals surface area (Å²) in [5.41, 5.74) is -0.0174. The summed E-state index contributed by atoms with van der Waals surface area (Å²) < 4.78 is 5.36. The van der Waals surface area contributed by atoms with Gasteiger partial charge in [-0.05, 0) is 56.3 Å². The molecule has 4 fully saturated rings. The molecule has 0 heterocycles. The third kappa shape index (κ3) is 1.66. The number of ether oxygens (including phenoxy) is 1. The Morgan fingerprint density at radius 1 is 1.00 bits per heavy atom. The Bertz CT molecular complexity index is 204. The van der Waals surface area contributed by atoms with Crippen LogP contribution in [0.25, 0.3) is 0 Å². The molecule has 4 aliphatic rings. The van der Waals surface area contributed by atoms with E-state index in [9.17, 15) is 4.79 Å². The van der Waals surface area contributed by atoms with Crippen LogP contribution in [0.4, 0.5) is 0 Å². The quantitative estimate of drug-likeness (QED) is 0.503. The Labute approximate surface area is 107 Å².